The monoisotopic (exact) mass is 321 g/mol. The van der Waals surface area contributed by atoms with E-state index in [1.807, 2.05) is 6.92 Å². The molecule has 0 aliphatic rings. The van der Waals surface area contributed by atoms with E-state index in [1.54, 1.807) is 17.0 Å². The van der Waals surface area contributed by atoms with Gasteiger partial charge in [0.1, 0.15) is 10.8 Å². The zero-order valence-corrected chi connectivity index (χ0v) is 13.7. The normalized spacial score (nSPS) is 10.7. The lowest BCUT2D eigenvalue weighted by atomic mass is 10.2. The molecule has 0 atom stereocenters. The van der Waals surface area contributed by atoms with E-state index in [1.165, 1.54) is 23.5 Å². The van der Waals surface area contributed by atoms with Gasteiger partial charge in [0.2, 0.25) is 11.0 Å². The Hall–Kier alpha value is -1.82. The molecule has 2 aromatic rings. The largest absolute Gasteiger partial charge is 0.287 e. The van der Waals surface area contributed by atoms with Crippen LogP contribution in [0.3, 0.4) is 0 Å². The van der Waals surface area contributed by atoms with Crippen LogP contribution in [-0.2, 0) is 4.79 Å². The van der Waals surface area contributed by atoms with Gasteiger partial charge in [-0.3, -0.25) is 9.69 Å². The smallest absolute Gasteiger partial charge is 0.228 e. The van der Waals surface area contributed by atoms with Crippen LogP contribution in [0.4, 0.5) is 9.52 Å². The van der Waals surface area contributed by atoms with Crippen molar-refractivity contribution in [2.45, 2.75) is 39.5 Å². The lowest BCUT2D eigenvalue weighted by Gasteiger charge is -2.18. The number of amides is 1. The highest BCUT2D eigenvalue weighted by Crippen LogP contribution is 2.29. The predicted octanol–water partition coefficient (Wildman–Crippen LogP) is 4.28. The van der Waals surface area contributed by atoms with Crippen LogP contribution >= 0.6 is 11.3 Å². The lowest BCUT2D eigenvalue weighted by Crippen LogP contribution is -2.31. The van der Waals surface area contributed by atoms with Crippen LogP contribution in [0.1, 0.15) is 39.5 Å². The zero-order chi connectivity index (χ0) is 15.9. The molecule has 0 fully saturated rings. The summed E-state index contributed by atoms with van der Waals surface area (Å²) in [6.07, 6.45) is 3.23. The van der Waals surface area contributed by atoms with Crippen LogP contribution in [0.25, 0.3) is 10.6 Å². The topological polar surface area (TPSA) is 46.1 Å². The average Bonchev–Trinajstić information content (AvgIpc) is 3.00. The number of hydrogen-bond donors (Lipinski definition) is 0. The molecule has 0 saturated carbocycles. The molecule has 118 valence electrons. The average molecular weight is 321 g/mol. The molecular formula is C16H20FN3OS. The highest BCUT2D eigenvalue weighted by atomic mass is 32.1. The SMILES string of the molecule is CCCCC(=O)N(CCC)c1nnc(-c2cccc(F)c2)s1. The summed E-state index contributed by atoms with van der Waals surface area (Å²) >= 11 is 1.32. The molecule has 0 bridgehead atoms. The van der Waals surface area contributed by atoms with Crippen LogP contribution in [0.5, 0.6) is 0 Å². The Morgan fingerprint density at radius 2 is 2.09 bits per heavy atom. The Morgan fingerprint density at radius 3 is 2.77 bits per heavy atom. The molecule has 1 aromatic carbocycles. The highest BCUT2D eigenvalue weighted by Gasteiger charge is 2.19. The van der Waals surface area contributed by atoms with Gasteiger partial charge in [0.05, 0.1) is 0 Å². The lowest BCUT2D eigenvalue weighted by molar-refractivity contribution is -0.118. The number of halogens is 1. The molecular weight excluding hydrogens is 301 g/mol. The van der Waals surface area contributed by atoms with Gasteiger partial charge in [-0.2, -0.15) is 0 Å². The van der Waals surface area contributed by atoms with Crippen molar-refractivity contribution in [2.75, 3.05) is 11.4 Å². The fourth-order valence-electron chi connectivity index (χ4n) is 2.08. The van der Waals surface area contributed by atoms with E-state index in [-0.39, 0.29) is 11.7 Å². The Bertz CT molecular complexity index is 629. The third kappa shape index (κ3) is 4.10. The minimum Gasteiger partial charge on any atom is -0.287 e. The van der Waals surface area contributed by atoms with Crippen molar-refractivity contribution >= 4 is 22.4 Å². The highest BCUT2D eigenvalue weighted by molar-refractivity contribution is 7.18. The van der Waals surface area contributed by atoms with Crippen molar-refractivity contribution in [3.63, 3.8) is 0 Å². The molecule has 1 heterocycles. The number of carbonyl (C=O) groups is 1. The first-order valence-electron chi connectivity index (χ1n) is 7.55. The molecule has 0 unspecified atom stereocenters. The van der Waals surface area contributed by atoms with Crippen molar-refractivity contribution < 1.29 is 9.18 Å². The minimum atomic E-state index is -0.307. The first-order valence-corrected chi connectivity index (χ1v) is 8.37. The number of unbranched alkanes of at least 4 members (excludes halogenated alkanes) is 1. The first-order chi connectivity index (χ1) is 10.7. The van der Waals surface area contributed by atoms with E-state index < -0.39 is 0 Å². The Labute approximate surface area is 134 Å². The summed E-state index contributed by atoms with van der Waals surface area (Å²) in [5.41, 5.74) is 0.682. The van der Waals surface area contributed by atoms with Gasteiger partial charge in [0.15, 0.2) is 0 Å². The fourth-order valence-corrected chi connectivity index (χ4v) is 2.96. The van der Waals surface area contributed by atoms with E-state index in [2.05, 4.69) is 17.1 Å². The van der Waals surface area contributed by atoms with Crippen molar-refractivity contribution in [2.24, 2.45) is 0 Å². The molecule has 2 rings (SSSR count). The molecule has 0 aliphatic carbocycles. The van der Waals surface area contributed by atoms with E-state index in [9.17, 15) is 9.18 Å². The summed E-state index contributed by atoms with van der Waals surface area (Å²) in [6, 6.07) is 6.24. The molecule has 4 nitrogen and oxygen atoms in total. The minimum absolute atomic E-state index is 0.0747. The Balaban J connectivity index is 2.21. The fraction of sp³-hybridized carbons (Fsp3) is 0.438. The van der Waals surface area contributed by atoms with Gasteiger partial charge in [0.25, 0.3) is 0 Å². The molecule has 0 N–H and O–H groups in total. The zero-order valence-electron chi connectivity index (χ0n) is 12.9. The van der Waals surface area contributed by atoms with Gasteiger partial charge in [0, 0.05) is 18.5 Å². The number of rotatable bonds is 7. The standard InChI is InChI=1S/C16H20FN3OS/c1-3-5-9-14(21)20(10-4-2)16-19-18-15(22-16)12-7-6-8-13(17)11-12/h6-8,11H,3-5,9-10H2,1-2H3. The van der Waals surface area contributed by atoms with Gasteiger partial charge in [-0.1, -0.05) is 43.7 Å². The summed E-state index contributed by atoms with van der Waals surface area (Å²) < 4.78 is 13.3. The Kier molecular flexibility index (Phi) is 6.00. The van der Waals surface area contributed by atoms with Crippen LogP contribution in [0.15, 0.2) is 24.3 Å². The van der Waals surface area contributed by atoms with Crippen LogP contribution < -0.4 is 4.90 Å². The molecule has 0 aliphatic heterocycles. The second-order valence-corrected chi connectivity index (χ2v) is 6.01. The summed E-state index contributed by atoms with van der Waals surface area (Å²) in [6.45, 7) is 4.71. The summed E-state index contributed by atoms with van der Waals surface area (Å²) in [5.74, 6) is -0.232. The maximum atomic E-state index is 13.3. The molecule has 1 aromatic heterocycles. The summed E-state index contributed by atoms with van der Waals surface area (Å²) in [4.78, 5) is 14.0. The van der Waals surface area contributed by atoms with E-state index in [4.69, 9.17) is 0 Å². The van der Waals surface area contributed by atoms with Crippen molar-refractivity contribution in [3.8, 4) is 10.6 Å². The van der Waals surface area contributed by atoms with Gasteiger partial charge in [-0.05, 0) is 25.0 Å². The third-order valence-electron chi connectivity index (χ3n) is 3.21. The van der Waals surface area contributed by atoms with Crippen LogP contribution in [0, 0.1) is 5.82 Å². The molecule has 22 heavy (non-hydrogen) atoms. The van der Waals surface area contributed by atoms with Crippen LogP contribution in [-0.4, -0.2) is 22.6 Å². The maximum Gasteiger partial charge on any atom is 0.228 e. The number of nitrogens with zero attached hydrogens (tertiary/aromatic N) is 3. The van der Waals surface area contributed by atoms with Crippen LogP contribution in [0.2, 0.25) is 0 Å². The molecule has 0 radical (unpaired) electrons. The second kappa shape index (κ2) is 7.98. The molecule has 6 heteroatoms. The second-order valence-electron chi connectivity index (χ2n) is 5.05. The number of benzene rings is 1. The van der Waals surface area contributed by atoms with Crippen molar-refractivity contribution in [1.29, 1.82) is 0 Å². The number of aromatic nitrogens is 2. The number of hydrogen-bond acceptors (Lipinski definition) is 4. The van der Waals surface area contributed by atoms with E-state index in [0.29, 0.717) is 28.7 Å². The van der Waals surface area contributed by atoms with Gasteiger partial charge < -0.3 is 0 Å². The number of anilines is 1. The molecule has 1 amide bonds. The van der Waals surface area contributed by atoms with E-state index in [0.717, 1.165) is 19.3 Å². The molecule has 0 spiro atoms. The quantitative estimate of drug-likeness (QED) is 0.765. The third-order valence-corrected chi connectivity index (χ3v) is 4.20. The molecule has 0 saturated heterocycles. The summed E-state index contributed by atoms with van der Waals surface area (Å²) in [5, 5.41) is 9.43. The van der Waals surface area contributed by atoms with Gasteiger partial charge in [-0.15, -0.1) is 10.2 Å². The Morgan fingerprint density at radius 1 is 1.27 bits per heavy atom. The van der Waals surface area contributed by atoms with Crippen molar-refractivity contribution in [1.82, 2.24) is 10.2 Å². The maximum absolute atomic E-state index is 13.3. The van der Waals surface area contributed by atoms with Gasteiger partial charge >= 0.3 is 0 Å². The van der Waals surface area contributed by atoms with Crippen molar-refractivity contribution in [3.05, 3.63) is 30.1 Å². The summed E-state index contributed by atoms with van der Waals surface area (Å²) in [7, 11) is 0. The predicted molar refractivity (Wildman–Crippen MR) is 87.5 cm³/mol. The van der Waals surface area contributed by atoms with Gasteiger partial charge in [-0.25, -0.2) is 4.39 Å². The first kappa shape index (κ1) is 16.5. The number of carbonyl (C=O) groups excluding carboxylic acids is 1. The van der Waals surface area contributed by atoms with E-state index >= 15 is 0 Å².